The Morgan fingerprint density at radius 3 is 2.75 bits per heavy atom. The van der Waals surface area contributed by atoms with Gasteiger partial charge in [0, 0.05) is 8.64 Å². The summed E-state index contributed by atoms with van der Waals surface area (Å²) in [6, 6.07) is 0. The van der Waals surface area contributed by atoms with Gasteiger partial charge in [-0.2, -0.15) is 0 Å². The molecule has 0 saturated heterocycles. The summed E-state index contributed by atoms with van der Waals surface area (Å²) >= 11 is 0. The van der Waals surface area contributed by atoms with Crippen molar-refractivity contribution in [1.82, 2.24) is 0 Å². The van der Waals surface area contributed by atoms with Crippen LogP contribution in [0.1, 0.15) is 15.6 Å². The van der Waals surface area contributed by atoms with Gasteiger partial charge in [0.2, 0.25) is 0 Å². The molecule has 0 saturated carbocycles. The van der Waals surface area contributed by atoms with Crippen molar-refractivity contribution in [3.63, 3.8) is 0 Å². The molecule has 2 rings (SSSR count). The van der Waals surface area contributed by atoms with E-state index in [0.717, 1.165) is 12.8 Å². The van der Waals surface area contributed by atoms with Crippen molar-refractivity contribution in [2.24, 2.45) is 11.8 Å². The van der Waals surface area contributed by atoms with Gasteiger partial charge in [-0.05, 0) is 18.7 Å². The van der Waals surface area contributed by atoms with E-state index >= 15 is 0 Å². The van der Waals surface area contributed by atoms with Crippen LogP contribution in [0, 0.1) is 11.8 Å². The second-order valence-corrected chi connectivity index (χ2v) is 2.25. The van der Waals surface area contributed by atoms with Crippen molar-refractivity contribution in [2.75, 3.05) is 0 Å². The molecule has 0 bridgehead atoms. The fourth-order valence-corrected chi connectivity index (χ4v) is 1.14. The normalized spacial score (nSPS) is 63.0. The van der Waals surface area contributed by atoms with E-state index in [0.29, 0.717) is 0 Å². The third-order valence-corrected chi connectivity index (χ3v) is 1.71. The second-order valence-electron chi connectivity index (χ2n) is 2.25. The van der Waals surface area contributed by atoms with E-state index in [1.54, 1.807) is 6.08 Å². The number of hydrogen-bond acceptors (Lipinski definition) is 0. The van der Waals surface area contributed by atoms with Crippen molar-refractivity contribution in [3.8, 4) is 0 Å². The maximum Gasteiger partial charge on any atom is 0.0395 e. The lowest BCUT2D eigenvalue weighted by Crippen LogP contribution is -2.18. The third kappa shape index (κ3) is 0.459. The van der Waals surface area contributed by atoms with E-state index in [9.17, 15) is 0 Å². The van der Waals surface area contributed by atoms with Gasteiger partial charge in [-0.1, -0.05) is 24.3 Å². The highest BCUT2D eigenvalue weighted by atomic mass is 14.3. The fraction of sp³-hybridized carbons (Fsp3) is 0.500. The van der Waals surface area contributed by atoms with Gasteiger partial charge in [0.25, 0.3) is 0 Å². The molecule has 42 valence electrons. The quantitative estimate of drug-likeness (QED) is 0.417. The lowest BCUT2D eigenvalue weighted by molar-refractivity contribution is 0.450. The molecule has 0 aromatic rings. The maximum atomic E-state index is 7.79. The Morgan fingerprint density at radius 1 is 1.38 bits per heavy atom. The van der Waals surface area contributed by atoms with Crippen LogP contribution >= 0.6 is 0 Å². The Morgan fingerprint density at radius 2 is 2.38 bits per heavy atom. The zero-order valence-corrected chi connectivity index (χ0v) is 4.72. The maximum absolute atomic E-state index is 7.79. The Kier molecular flexibility index (Phi) is 0.528. The van der Waals surface area contributed by atoms with Gasteiger partial charge in [0.15, 0.2) is 0 Å². The first-order chi connectivity index (χ1) is 4.66. The predicted molar refractivity (Wildman–Crippen MR) is 34.5 cm³/mol. The van der Waals surface area contributed by atoms with E-state index in [1.807, 2.05) is 18.2 Å². The molecule has 0 radical (unpaired) electrons. The van der Waals surface area contributed by atoms with Gasteiger partial charge in [-0.15, -0.1) is 0 Å². The van der Waals surface area contributed by atoms with Crippen LogP contribution in [0.5, 0.6) is 0 Å². The molecule has 0 N–H and O–H groups in total. The highest BCUT2D eigenvalue weighted by Crippen LogP contribution is 2.33. The summed E-state index contributed by atoms with van der Waals surface area (Å²) in [6.45, 7) is 0. The standard InChI is InChI=1S/C8H10/c1-2-4-8-6-5-7(8)3-1/h1,3,5-8H,2,4H2/t7-,8+/m1/s1/i7D,8D. The lowest BCUT2D eigenvalue weighted by Gasteiger charge is -2.29. The van der Waals surface area contributed by atoms with Crippen LogP contribution in [-0.2, 0) is 0 Å². The first-order valence-electron chi connectivity index (χ1n) is 4.04. The molecule has 0 aromatic carbocycles. The minimum atomic E-state index is -0.689. The summed E-state index contributed by atoms with van der Waals surface area (Å²) in [5.74, 6) is -1.28. The molecule has 8 heavy (non-hydrogen) atoms. The topological polar surface area (TPSA) is 0 Å². The second kappa shape index (κ2) is 1.48. The van der Waals surface area contributed by atoms with E-state index in [2.05, 4.69) is 0 Å². The van der Waals surface area contributed by atoms with Crippen molar-refractivity contribution < 1.29 is 2.74 Å². The largest absolute Gasteiger partial charge is 0.0879 e. The van der Waals surface area contributed by atoms with Crippen LogP contribution < -0.4 is 0 Å². The van der Waals surface area contributed by atoms with Gasteiger partial charge in [0.05, 0.1) is 0 Å². The Hall–Kier alpha value is -0.520. The van der Waals surface area contributed by atoms with Gasteiger partial charge in [-0.25, -0.2) is 0 Å². The van der Waals surface area contributed by atoms with Gasteiger partial charge in [0.1, 0.15) is 0 Å². The molecule has 0 aliphatic heterocycles. The molecule has 0 heteroatoms. The molecule has 0 amide bonds. The Bertz CT molecular complexity index is 219. The average Bonchev–Trinajstić information content (AvgIpc) is 1.92. The molecule has 0 spiro atoms. The van der Waals surface area contributed by atoms with Crippen molar-refractivity contribution >= 4 is 0 Å². The fourth-order valence-electron chi connectivity index (χ4n) is 1.14. The summed E-state index contributed by atoms with van der Waals surface area (Å²) in [7, 11) is 0. The van der Waals surface area contributed by atoms with Gasteiger partial charge >= 0.3 is 0 Å². The van der Waals surface area contributed by atoms with E-state index in [4.69, 9.17) is 2.74 Å². The number of hydrogen-bond donors (Lipinski definition) is 0. The molecule has 0 unspecified atom stereocenters. The van der Waals surface area contributed by atoms with Crippen LogP contribution in [0.3, 0.4) is 0 Å². The highest BCUT2D eigenvalue weighted by Gasteiger charge is 2.22. The summed E-state index contributed by atoms with van der Waals surface area (Å²) in [5, 5.41) is 0. The molecule has 2 atom stereocenters. The minimum absolute atomic E-state index is 0.595. The van der Waals surface area contributed by atoms with E-state index in [-0.39, 0.29) is 0 Å². The Balaban J connectivity index is 2.41. The zero-order valence-electron chi connectivity index (χ0n) is 6.72. The SMILES string of the molecule is [2H][C@]12C=CCC[C@@]1([2H])C=C2. The molecule has 0 heterocycles. The van der Waals surface area contributed by atoms with Gasteiger partial charge < -0.3 is 0 Å². The van der Waals surface area contributed by atoms with E-state index < -0.39 is 11.8 Å². The smallest absolute Gasteiger partial charge is 0.0395 e. The summed E-state index contributed by atoms with van der Waals surface area (Å²) in [5.41, 5.74) is 0. The Labute approximate surface area is 52.7 Å². The molecule has 0 nitrogen and oxygen atoms in total. The van der Waals surface area contributed by atoms with Crippen molar-refractivity contribution in [1.29, 1.82) is 0 Å². The predicted octanol–water partition coefficient (Wildman–Crippen LogP) is 2.14. The number of fused-ring (bicyclic) bond motifs is 1. The monoisotopic (exact) mass is 108 g/mol. The molecular formula is C8H10. The highest BCUT2D eigenvalue weighted by molar-refractivity contribution is 5.19. The molecule has 0 aromatic heterocycles. The van der Waals surface area contributed by atoms with Crippen molar-refractivity contribution in [3.05, 3.63) is 24.3 Å². The molecule has 0 fully saturated rings. The summed E-state index contributed by atoms with van der Waals surface area (Å²) < 4.78 is 15.5. The minimum Gasteiger partial charge on any atom is -0.0879 e. The summed E-state index contributed by atoms with van der Waals surface area (Å²) in [4.78, 5) is 0. The number of allylic oxidation sites excluding steroid dienone is 4. The van der Waals surface area contributed by atoms with Crippen LogP contribution in [0.15, 0.2) is 24.3 Å². The summed E-state index contributed by atoms with van der Waals surface area (Å²) in [6.07, 6.45) is 9.24. The first kappa shape index (κ1) is 2.86. The van der Waals surface area contributed by atoms with E-state index in [1.165, 1.54) is 0 Å². The number of rotatable bonds is 0. The molecule has 2 aliphatic carbocycles. The van der Waals surface area contributed by atoms with Crippen LogP contribution in [0.2, 0.25) is 0 Å². The molecular weight excluding hydrogens is 96.1 g/mol. The van der Waals surface area contributed by atoms with Crippen LogP contribution in [0.4, 0.5) is 0 Å². The third-order valence-electron chi connectivity index (χ3n) is 1.71. The average molecular weight is 108 g/mol. The van der Waals surface area contributed by atoms with Crippen LogP contribution in [0.25, 0.3) is 0 Å². The molecule has 2 aliphatic rings. The lowest BCUT2D eigenvalue weighted by atomic mass is 9.76. The van der Waals surface area contributed by atoms with Crippen molar-refractivity contribution in [2.45, 2.75) is 12.8 Å². The van der Waals surface area contributed by atoms with Crippen LogP contribution in [-0.4, -0.2) is 0 Å². The van der Waals surface area contributed by atoms with Gasteiger partial charge in [-0.3, -0.25) is 0 Å². The zero-order chi connectivity index (χ0) is 7.24. The first-order valence-corrected chi connectivity index (χ1v) is 3.04.